The number of allylic oxidation sites excluding steroid dienone is 10. The lowest BCUT2D eigenvalue weighted by Gasteiger charge is -2.28. The van der Waals surface area contributed by atoms with E-state index in [1.54, 1.807) is 55.5 Å². The van der Waals surface area contributed by atoms with Crippen molar-refractivity contribution in [3.63, 3.8) is 0 Å². The highest BCUT2D eigenvalue weighted by atomic mass is 32.1. The van der Waals surface area contributed by atoms with Gasteiger partial charge in [-0.15, -0.1) is 0 Å². The van der Waals surface area contributed by atoms with Gasteiger partial charge in [0.05, 0.1) is 5.16 Å². The summed E-state index contributed by atoms with van der Waals surface area (Å²) in [7, 11) is 0. The normalized spacial score (nSPS) is 12.0. The standard InChI is InChI=1S/C26H38O2.C19H32O.C17H28O2.C16H24O.C15H21NOS.C15H24O2/c1-19(2)9-7-11-21(5)13-15-23-17-25(27)24(26(28)18-23)16-14-22(6)12-8-10-20(3)4;1-8-16-14(2)12-15(13-17(16)20)19(6,7)11-9-10-18(3,4)5;1-12-14(18)10-13(11-15(12)19)17(5,6)9-7-8-16(2,3)4;1-12(2)7-6-8-16(4,5)14-9-13(3)10-15(17)11-14;1-12-8-13(10-14(17)9-12)15(2,3)6-4-5-7-16-11-18;1-11(2)6-5-7-15(3,4)12-8-13(16)10-14(17)9-12/h9-10,13-14,17-18,27-28H,7-8,11-12,15-16H2,1-6H3;12-13,20H,8-11H2,1-7H3;10-11,18-19H,7-9H2,1-6H3;7,9-11,17H,6,8H2,1-5H3;8-10,17H,4-7H2,1-3H3;8-11,16-17H,5-7H2,1-4H3/b21-13+,22-14+;;;;;. The molecule has 0 fully saturated rings. The summed E-state index contributed by atoms with van der Waals surface area (Å²) in [6, 6.07) is 27.9. The Morgan fingerprint density at radius 2 is 0.714 bits per heavy atom. The largest absolute Gasteiger partial charge is 0.508 e. The summed E-state index contributed by atoms with van der Waals surface area (Å²) >= 11 is 4.54. The van der Waals surface area contributed by atoms with Crippen LogP contribution in [-0.4, -0.2) is 57.7 Å². The Balaban J connectivity index is 0.000000721. The number of aryl methyl sites for hydroxylation is 3. The summed E-state index contributed by atoms with van der Waals surface area (Å²) in [4.78, 5) is 3.92. The van der Waals surface area contributed by atoms with Crippen molar-refractivity contribution >= 4 is 17.4 Å². The minimum Gasteiger partial charge on any atom is -0.508 e. The number of benzene rings is 6. The Morgan fingerprint density at radius 1 is 0.370 bits per heavy atom. The number of unbranched alkanes of at least 4 members (excludes halogenated alkanes) is 1. The number of aliphatic imine (C=N–C) groups is 1. The van der Waals surface area contributed by atoms with Crippen molar-refractivity contribution < 1.29 is 46.0 Å². The molecule has 0 heterocycles. The lowest BCUT2D eigenvalue weighted by Crippen LogP contribution is -2.18. The highest BCUT2D eigenvalue weighted by Gasteiger charge is 2.28. The lowest BCUT2D eigenvalue weighted by atomic mass is 9.77. The van der Waals surface area contributed by atoms with Crippen LogP contribution in [0.2, 0.25) is 0 Å². The minimum atomic E-state index is -0.0338. The van der Waals surface area contributed by atoms with Gasteiger partial charge in [0.1, 0.15) is 51.7 Å². The van der Waals surface area contributed by atoms with E-state index in [2.05, 4.69) is 265 Å². The zero-order valence-electron chi connectivity index (χ0n) is 80.6. The van der Waals surface area contributed by atoms with Gasteiger partial charge in [0.15, 0.2) is 0 Å². The molecule has 0 aliphatic rings. The molecule has 0 unspecified atom stereocenters. The highest BCUT2D eigenvalue weighted by molar-refractivity contribution is 7.78. The van der Waals surface area contributed by atoms with Gasteiger partial charge < -0.3 is 46.0 Å². The fraction of sp³-hybridized carbons (Fsp3) is 0.565. The highest BCUT2D eigenvalue weighted by Crippen LogP contribution is 2.41. The second-order valence-electron chi connectivity index (χ2n) is 40.7. The summed E-state index contributed by atoms with van der Waals surface area (Å²) in [5, 5.41) is 91.3. The van der Waals surface area contributed by atoms with Gasteiger partial charge in [0.2, 0.25) is 0 Å². The first-order valence-electron chi connectivity index (χ1n) is 44.2. The summed E-state index contributed by atoms with van der Waals surface area (Å²) in [5.74, 6) is 2.90. The van der Waals surface area contributed by atoms with E-state index in [-0.39, 0.29) is 61.6 Å². The Bertz CT molecular complexity index is 4140. The van der Waals surface area contributed by atoms with Crippen LogP contribution in [-0.2, 0) is 46.3 Å². The van der Waals surface area contributed by atoms with E-state index >= 15 is 0 Å². The molecule has 0 spiro atoms. The molecule has 10 nitrogen and oxygen atoms in total. The Hall–Kier alpha value is -7.98. The summed E-state index contributed by atoms with van der Waals surface area (Å²) < 4.78 is 0. The van der Waals surface area contributed by atoms with Crippen LogP contribution in [0.1, 0.15) is 369 Å². The quantitative estimate of drug-likeness (QED) is 0.00812. The van der Waals surface area contributed by atoms with Crippen molar-refractivity contribution in [1.29, 1.82) is 0 Å². The average Bonchev–Trinajstić information content (AvgIpc) is 0.821. The Labute approximate surface area is 731 Å². The summed E-state index contributed by atoms with van der Waals surface area (Å²) in [6.07, 6.45) is 33.2. The molecule has 0 aromatic heterocycles. The third kappa shape index (κ3) is 45.5. The van der Waals surface area contributed by atoms with Crippen LogP contribution in [0.4, 0.5) is 0 Å². The van der Waals surface area contributed by atoms with Crippen LogP contribution >= 0.6 is 12.2 Å². The topological polar surface area (TPSA) is 194 Å². The minimum absolute atomic E-state index is 0.00882. The molecule has 119 heavy (non-hydrogen) atoms. The third-order valence-electron chi connectivity index (χ3n) is 22.6. The van der Waals surface area contributed by atoms with Crippen molar-refractivity contribution in [2.45, 2.75) is 377 Å². The van der Waals surface area contributed by atoms with E-state index in [0.29, 0.717) is 45.6 Å². The molecule has 9 N–H and O–H groups in total. The first-order chi connectivity index (χ1) is 54.8. The molecule has 0 aliphatic heterocycles. The van der Waals surface area contributed by atoms with Crippen LogP contribution < -0.4 is 0 Å². The number of phenols is 9. The summed E-state index contributed by atoms with van der Waals surface area (Å²) in [6.45, 7) is 67.9. The summed E-state index contributed by atoms with van der Waals surface area (Å²) in [5.41, 5.74) is 20.0. The van der Waals surface area contributed by atoms with Crippen molar-refractivity contribution in [2.75, 3.05) is 6.54 Å². The number of rotatable bonds is 34. The fourth-order valence-corrected chi connectivity index (χ4v) is 14.4. The first-order valence-corrected chi connectivity index (χ1v) is 44.6. The molecule has 6 aromatic carbocycles. The molecule has 11 heteroatoms. The molecule has 664 valence electrons. The number of hydrogen-bond donors (Lipinski definition) is 9. The second kappa shape index (κ2) is 51.7. The van der Waals surface area contributed by atoms with Crippen LogP contribution in [0.25, 0.3) is 0 Å². The maximum absolute atomic E-state index is 10.4. The zero-order valence-corrected chi connectivity index (χ0v) is 81.4. The third-order valence-corrected chi connectivity index (χ3v) is 22.8. The van der Waals surface area contributed by atoms with Crippen molar-refractivity contribution in [2.24, 2.45) is 21.7 Å². The smallest absolute Gasteiger partial charge is 0.123 e. The van der Waals surface area contributed by atoms with Crippen LogP contribution in [0.5, 0.6) is 51.7 Å². The molecule has 0 atom stereocenters. The van der Waals surface area contributed by atoms with E-state index in [1.165, 1.54) is 88.3 Å². The first kappa shape index (κ1) is 109. The maximum atomic E-state index is 10.4. The van der Waals surface area contributed by atoms with Gasteiger partial charge in [-0.3, -0.25) is 0 Å². The van der Waals surface area contributed by atoms with E-state index in [9.17, 15) is 46.0 Å². The maximum Gasteiger partial charge on any atom is 0.123 e. The van der Waals surface area contributed by atoms with Gasteiger partial charge in [-0.05, 0) is 364 Å². The Kier molecular flexibility index (Phi) is 47.4. The molecule has 0 radical (unpaired) electrons. The monoisotopic (exact) mass is 1650 g/mol. The number of isothiocyanates is 1. The Morgan fingerprint density at radius 3 is 1.09 bits per heavy atom. The van der Waals surface area contributed by atoms with Crippen LogP contribution in [0.3, 0.4) is 0 Å². The number of thiocarbonyl (C=S) groups is 1. The average molecular weight is 1660 g/mol. The zero-order chi connectivity index (χ0) is 91.2. The number of phenolic OH excluding ortho intramolecular Hbond substituents is 9. The van der Waals surface area contributed by atoms with Gasteiger partial charge in [-0.2, -0.15) is 0 Å². The number of hydrogen-bond acceptors (Lipinski definition) is 11. The SMILES string of the molecule is CC(C)=CCC/C(C)=C/Cc1cc(O)c(C/C=C(\C)CCC=C(C)C)c(O)c1.CC(C)=CCCC(C)(C)c1cc(C)cc(O)c1.CC(C)CCCC(C)(C)c1cc(O)cc(O)c1.CCc1c(C)cc(C(C)(C)CCCC(C)(C)C)cc1O.Cc1c(O)cc(C(C)(C)CCCC(C)(C)C)cc1O.Cc1cc(O)cc(C(C)(C)CCCCN=C=S)c1. The van der Waals surface area contributed by atoms with Gasteiger partial charge in [0.25, 0.3) is 0 Å². The molecule has 0 bridgehead atoms. The van der Waals surface area contributed by atoms with Crippen LogP contribution in [0.15, 0.2) is 154 Å². The van der Waals surface area contributed by atoms with Crippen molar-refractivity contribution in [1.82, 2.24) is 0 Å². The van der Waals surface area contributed by atoms with E-state index in [1.807, 2.05) is 32.0 Å². The molecular formula is C108H167NO9S. The lowest BCUT2D eigenvalue weighted by molar-refractivity contribution is 0.332. The second-order valence-corrected chi connectivity index (χ2v) is 40.9. The van der Waals surface area contributed by atoms with Gasteiger partial charge in [-0.25, -0.2) is 4.99 Å². The number of aromatic hydroxyl groups is 9. The molecule has 6 aromatic rings. The molecule has 0 saturated carbocycles. The molecule has 0 aliphatic carbocycles. The van der Waals surface area contributed by atoms with Gasteiger partial charge in [0, 0.05) is 23.7 Å². The number of nitrogens with zero attached hydrogens (tertiary/aromatic N) is 1. The van der Waals surface area contributed by atoms with Crippen molar-refractivity contribution in [3.8, 4) is 51.7 Å². The molecular weight excluding hydrogens is 1490 g/mol. The molecule has 0 amide bonds. The predicted molar refractivity (Wildman–Crippen MR) is 517 cm³/mol. The molecule has 6 rings (SSSR count). The van der Waals surface area contributed by atoms with E-state index in [0.717, 1.165) is 142 Å². The fourth-order valence-electron chi connectivity index (χ4n) is 14.3. The van der Waals surface area contributed by atoms with E-state index in [4.69, 9.17) is 0 Å². The predicted octanol–water partition coefficient (Wildman–Crippen LogP) is 31.4. The van der Waals surface area contributed by atoms with Crippen LogP contribution in [0, 0.1) is 44.4 Å². The molecule has 0 saturated heterocycles. The van der Waals surface area contributed by atoms with Gasteiger partial charge in [-0.1, -0.05) is 240 Å². The van der Waals surface area contributed by atoms with E-state index < -0.39 is 0 Å². The van der Waals surface area contributed by atoms with Gasteiger partial charge >= 0.3 is 0 Å². The van der Waals surface area contributed by atoms with Crippen molar-refractivity contribution in [3.05, 3.63) is 216 Å².